The van der Waals surface area contributed by atoms with E-state index >= 15 is 0 Å². The van der Waals surface area contributed by atoms with E-state index in [0.717, 1.165) is 49.8 Å². The molecule has 0 atom stereocenters. The highest BCUT2D eigenvalue weighted by Gasteiger charge is 2.39. The van der Waals surface area contributed by atoms with Gasteiger partial charge in [-0.05, 0) is 97.6 Å². The first-order chi connectivity index (χ1) is 27.0. The lowest BCUT2D eigenvalue weighted by atomic mass is 9.81. The summed E-state index contributed by atoms with van der Waals surface area (Å²) < 4.78 is 6.70. The fourth-order valence-electron chi connectivity index (χ4n) is 9.28. The summed E-state index contributed by atoms with van der Waals surface area (Å²) >= 11 is 0. The maximum absolute atomic E-state index is 6.70. The third kappa shape index (κ3) is 4.81. The first kappa shape index (κ1) is 31.6. The second-order valence-corrected chi connectivity index (χ2v) is 15.3. The standard InChI is InChI=1S/C53H37NO/c1-53(2)46-24-9-7-20-41(46)44-23-12-26-48(51(44)53)54(39-18-11-17-37(33-39)38-29-28-34-14-3-4-16-36(34)32-38)47-25-10-8-21-42(47)43-22-13-27-49-50(43)45-31-30-35-15-5-6-19-40(35)52(45)55-49/h3-33H,1-2H3. The number of furan rings is 1. The van der Waals surface area contributed by atoms with Crippen molar-refractivity contribution >= 4 is 60.5 Å². The molecule has 0 N–H and O–H groups in total. The van der Waals surface area contributed by atoms with E-state index in [0.29, 0.717) is 0 Å². The molecule has 9 aromatic carbocycles. The van der Waals surface area contributed by atoms with Gasteiger partial charge in [0, 0.05) is 32.8 Å². The molecule has 1 aliphatic rings. The molecule has 55 heavy (non-hydrogen) atoms. The van der Waals surface area contributed by atoms with Gasteiger partial charge in [-0.2, -0.15) is 0 Å². The Morgan fingerprint density at radius 2 is 1.09 bits per heavy atom. The molecule has 1 aromatic heterocycles. The van der Waals surface area contributed by atoms with Crippen molar-refractivity contribution in [2.75, 3.05) is 4.90 Å². The molecule has 0 bridgehead atoms. The van der Waals surface area contributed by atoms with Crippen molar-refractivity contribution in [1.29, 1.82) is 0 Å². The van der Waals surface area contributed by atoms with Crippen LogP contribution in [0, 0.1) is 0 Å². The van der Waals surface area contributed by atoms with Gasteiger partial charge >= 0.3 is 0 Å². The summed E-state index contributed by atoms with van der Waals surface area (Å²) in [7, 11) is 0. The Bertz CT molecular complexity index is 3150. The number of benzene rings is 9. The van der Waals surface area contributed by atoms with Gasteiger partial charge in [0.15, 0.2) is 0 Å². The normalized spacial score (nSPS) is 13.1. The predicted molar refractivity (Wildman–Crippen MR) is 232 cm³/mol. The highest BCUT2D eigenvalue weighted by Crippen LogP contribution is 2.55. The zero-order valence-corrected chi connectivity index (χ0v) is 30.8. The minimum Gasteiger partial charge on any atom is -0.455 e. The van der Waals surface area contributed by atoms with E-state index in [1.807, 2.05) is 0 Å². The van der Waals surface area contributed by atoms with Gasteiger partial charge in [0.25, 0.3) is 0 Å². The zero-order valence-electron chi connectivity index (χ0n) is 30.8. The first-order valence-corrected chi connectivity index (χ1v) is 19.1. The van der Waals surface area contributed by atoms with Crippen LogP contribution in [0.4, 0.5) is 17.1 Å². The molecule has 0 aliphatic heterocycles. The molecule has 0 radical (unpaired) electrons. The molecule has 0 fully saturated rings. The Labute approximate surface area is 320 Å². The van der Waals surface area contributed by atoms with Crippen LogP contribution in [-0.2, 0) is 5.41 Å². The quantitative estimate of drug-likeness (QED) is 0.177. The van der Waals surface area contributed by atoms with Crippen molar-refractivity contribution < 1.29 is 4.42 Å². The van der Waals surface area contributed by atoms with Gasteiger partial charge in [-0.25, -0.2) is 0 Å². The molecule has 0 spiro atoms. The third-order valence-electron chi connectivity index (χ3n) is 11.8. The molecule has 11 rings (SSSR count). The van der Waals surface area contributed by atoms with Gasteiger partial charge in [-0.3, -0.25) is 0 Å². The van der Waals surface area contributed by atoms with Crippen molar-refractivity contribution in [2.24, 2.45) is 0 Å². The van der Waals surface area contributed by atoms with Crippen molar-refractivity contribution in [1.82, 2.24) is 0 Å². The summed E-state index contributed by atoms with van der Waals surface area (Å²) in [6.07, 6.45) is 0. The van der Waals surface area contributed by atoms with E-state index < -0.39 is 0 Å². The van der Waals surface area contributed by atoms with Crippen LogP contribution in [0.3, 0.4) is 0 Å². The molecule has 1 heterocycles. The van der Waals surface area contributed by atoms with Gasteiger partial charge < -0.3 is 9.32 Å². The SMILES string of the molecule is CC1(C)c2ccccc2-c2cccc(N(c3cccc(-c4ccc5ccccc5c4)c3)c3ccccc3-c3cccc4oc5c6ccccc6ccc5c34)c21. The summed E-state index contributed by atoms with van der Waals surface area (Å²) in [4.78, 5) is 2.50. The Balaban J connectivity index is 1.18. The molecule has 2 nitrogen and oxygen atoms in total. The van der Waals surface area contributed by atoms with E-state index in [9.17, 15) is 0 Å². The second kappa shape index (κ2) is 12.1. The second-order valence-electron chi connectivity index (χ2n) is 15.3. The lowest BCUT2D eigenvalue weighted by Crippen LogP contribution is -2.21. The Hall–Kier alpha value is -6.90. The van der Waals surface area contributed by atoms with Crippen LogP contribution < -0.4 is 4.90 Å². The van der Waals surface area contributed by atoms with Crippen LogP contribution in [0.5, 0.6) is 0 Å². The molecule has 10 aromatic rings. The smallest absolute Gasteiger partial charge is 0.143 e. The van der Waals surface area contributed by atoms with Crippen molar-refractivity contribution in [3.63, 3.8) is 0 Å². The van der Waals surface area contributed by atoms with Gasteiger partial charge in [0.1, 0.15) is 11.2 Å². The Morgan fingerprint density at radius 3 is 2.00 bits per heavy atom. The zero-order chi connectivity index (χ0) is 36.7. The van der Waals surface area contributed by atoms with Crippen molar-refractivity contribution in [2.45, 2.75) is 19.3 Å². The van der Waals surface area contributed by atoms with E-state index in [1.54, 1.807) is 0 Å². The molecular weight excluding hydrogens is 667 g/mol. The summed E-state index contributed by atoms with van der Waals surface area (Å²) in [5.74, 6) is 0. The summed E-state index contributed by atoms with van der Waals surface area (Å²) in [5.41, 5.74) is 15.0. The molecule has 0 saturated carbocycles. The maximum atomic E-state index is 6.70. The molecule has 0 unspecified atom stereocenters. The average Bonchev–Trinajstić information content (AvgIpc) is 3.74. The number of nitrogens with zero attached hydrogens (tertiary/aromatic N) is 1. The van der Waals surface area contributed by atoms with E-state index in [2.05, 4.69) is 207 Å². The van der Waals surface area contributed by atoms with E-state index in [1.165, 1.54) is 55.2 Å². The molecule has 260 valence electrons. The Morgan fingerprint density at radius 1 is 0.436 bits per heavy atom. The highest BCUT2D eigenvalue weighted by molar-refractivity contribution is 6.19. The summed E-state index contributed by atoms with van der Waals surface area (Å²) in [6.45, 7) is 4.75. The number of rotatable bonds is 5. The largest absolute Gasteiger partial charge is 0.455 e. The lowest BCUT2D eigenvalue weighted by Gasteiger charge is -2.33. The van der Waals surface area contributed by atoms with Gasteiger partial charge in [0.2, 0.25) is 0 Å². The van der Waals surface area contributed by atoms with E-state index in [4.69, 9.17) is 4.42 Å². The van der Waals surface area contributed by atoms with Crippen molar-refractivity contribution in [3.05, 3.63) is 199 Å². The van der Waals surface area contributed by atoms with Gasteiger partial charge in [-0.15, -0.1) is 0 Å². The number of fused-ring (bicyclic) bond motifs is 9. The minimum atomic E-state index is -0.215. The maximum Gasteiger partial charge on any atom is 0.143 e. The van der Waals surface area contributed by atoms with Crippen LogP contribution in [0.15, 0.2) is 192 Å². The number of para-hydroxylation sites is 1. The molecular formula is C53H37NO. The monoisotopic (exact) mass is 703 g/mol. The third-order valence-corrected chi connectivity index (χ3v) is 11.8. The lowest BCUT2D eigenvalue weighted by molar-refractivity contribution is 0.661. The highest BCUT2D eigenvalue weighted by atomic mass is 16.3. The molecule has 0 amide bonds. The van der Waals surface area contributed by atoms with Crippen LogP contribution in [0.1, 0.15) is 25.0 Å². The van der Waals surface area contributed by atoms with Crippen LogP contribution in [0.25, 0.3) is 76.9 Å². The predicted octanol–water partition coefficient (Wildman–Crippen LogP) is 15.0. The average molecular weight is 704 g/mol. The summed E-state index contributed by atoms with van der Waals surface area (Å²) in [5, 5.41) is 7.04. The minimum absolute atomic E-state index is 0.215. The molecule has 2 heteroatoms. The Kier molecular flexibility index (Phi) is 6.93. The van der Waals surface area contributed by atoms with Gasteiger partial charge in [-0.1, -0.05) is 159 Å². The van der Waals surface area contributed by atoms with Crippen LogP contribution >= 0.6 is 0 Å². The fraction of sp³-hybridized carbons (Fsp3) is 0.0566. The van der Waals surface area contributed by atoms with Crippen LogP contribution in [-0.4, -0.2) is 0 Å². The number of hydrogen-bond donors (Lipinski definition) is 0. The molecule has 0 saturated heterocycles. The molecule has 1 aliphatic carbocycles. The summed E-state index contributed by atoms with van der Waals surface area (Å²) in [6, 6.07) is 68.5. The van der Waals surface area contributed by atoms with Crippen LogP contribution in [0.2, 0.25) is 0 Å². The van der Waals surface area contributed by atoms with Gasteiger partial charge in [0.05, 0.1) is 11.4 Å². The number of hydrogen-bond acceptors (Lipinski definition) is 2. The fourth-order valence-corrected chi connectivity index (χ4v) is 9.28. The number of anilines is 3. The topological polar surface area (TPSA) is 16.4 Å². The van der Waals surface area contributed by atoms with Crippen molar-refractivity contribution in [3.8, 4) is 33.4 Å². The van der Waals surface area contributed by atoms with E-state index in [-0.39, 0.29) is 5.41 Å². The first-order valence-electron chi connectivity index (χ1n) is 19.1.